The lowest BCUT2D eigenvalue weighted by Gasteiger charge is -2.33. The average Bonchev–Trinajstić information content (AvgIpc) is 3.46. The Hall–Kier alpha value is -2.94. The Balaban J connectivity index is 1.53. The van der Waals surface area contributed by atoms with Crippen LogP contribution in [0.25, 0.3) is 0 Å². The lowest BCUT2D eigenvalue weighted by Crippen LogP contribution is -2.53. The van der Waals surface area contributed by atoms with Crippen LogP contribution in [0.3, 0.4) is 0 Å². The van der Waals surface area contributed by atoms with Crippen molar-refractivity contribution in [3.63, 3.8) is 0 Å². The van der Waals surface area contributed by atoms with Crippen molar-refractivity contribution in [2.24, 2.45) is 11.8 Å². The van der Waals surface area contributed by atoms with Gasteiger partial charge < -0.3 is 25.4 Å². The van der Waals surface area contributed by atoms with Gasteiger partial charge >= 0.3 is 0 Å². The summed E-state index contributed by atoms with van der Waals surface area (Å²) in [5.74, 6) is -2.67. The topological polar surface area (TPSA) is 108 Å². The molecule has 0 aromatic heterocycles. The summed E-state index contributed by atoms with van der Waals surface area (Å²) in [6, 6.07) is 13.4. The van der Waals surface area contributed by atoms with Gasteiger partial charge in [-0.25, -0.2) is 0 Å². The third kappa shape index (κ3) is 3.62. The molecule has 5 rings (SSSR count). The molecule has 3 N–H and O–H groups in total. The number of benzene rings is 2. The van der Waals surface area contributed by atoms with Gasteiger partial charge in [-0.05, 0) is 49.9 Å². The number of hydrogen-bond donors (Lipinski definition) is 3. The van der Waals surface area contributed by atoms with Gasteiger partial charge in [0, 0.05) is 12.2 Å². The van der Waals surface area contributed by atoms with Crippen molar-refractivity contribution < 1.29 is 24.2 Å². The van der Waals surface area contributed by atoms with Crippen LogP contribution in [0.5, 0.6) is 0 Å². The summed E-state index contributed by atoms with van der Waals surface area (Å²) in [4.78, 5) is 42.7. The van der Waals surface area contributed by atoms with Gasteiger partial charge in [0.1, 0.15) is 11.6 Å². The number of rotatable bonds is 7. The van der Waals surface area contributed by atoms with Crippen molar-refractivity contribution in [2.75, 3.05) is 23.8 Å². The molecule has 2 unspecified atom stereocenters. The molecule has 3 aliphatic heterocycles. The van der Waals surface area contributed by atoms with Gasteiger partial charge in [-0.2, -0.15) is 0 Å². The minimum absolute atomic E-state index is 0.0355. The Morgan fingerprint density at radius 2 is 1.86 bits per heavy atom. The quantitative estimate of drug-likeness (QED) is 0.528. The number of β-amino-alcohol motifs (C(OH)–C–C–N with tert-alkyl or cyclic N) is 1. The first-order valence-electron chi connectivity index (χ1n) is 12.3. The summed E-state index contributed by atoms with van der Waals surface area (Å²) < 4.78 is 6.67. The van der Waals surface area contributed by atoms with E-state index >= 15 is 0 Å². The van der Waals surface area contributed by atoms with E-state index in [2.05, 4.69) is 10.6 Å². The number of carbonyl (C=O) groups is 3. The fraction of sp³-hybridized carbons (Fsp3) is 0.444. The molecule has 3 amide bonds. The molecule has 36 heavy (non-hydrogen) atoms. The summed E-state index contributed by atoms with van der Waals surface area (Å²) >= 11 is 6.36. The molecule has 9 heteroatoms. The third-order valence-electron chi connectivity index (χ3n) is 8.06. The highest BCUT2D eigenvalue weighted by atomic mass is 35.5. The molecule has 5 atom stereocenters. The van der Waals surface area contributed by atoms with Crippen molar-refractivity contribution in [3.05, 3.63) is 59.1 Å². The van der Waals surface area contributed by atoms with Gasteiger partial charge in [0.05, 0.1) is 34.8 Å². The number of anilines is 2. The van der Waals surface area contributed by atoms with Gasteiger partial charge in [-0.1, -0.05) is 48.9 Å². The van der Waals surface area contributed by atoms with E-state index < -0.39 is 35.0 Å². The fourth-order valence-corrected chi connectivity index (χ4v) is 6.76. The van der Waals surface area contributed by atoms with Crippen LogP contribution in [0.1, 0.15) is 31.7 Å². The summed E-state index contributed by atoms with van der Waals surface area (Å²) in [5, 5.41) is 16.0. The zero-order chi connectivity index (χ0) is 25.7. The van der Waals surface area contributed by atoms with Crippen molar-refractivity contribution >= 4 is 40.7 Å². The number of ether oxygens (including phenoxy) is 1. The van der Waals surface area contributed by atoms with Gasteiger partial charge in [-0.3, -0.25) is 14.4 Å². The summed E-state index contributed by atoms with van der Waals surface area (Å²) in [5.41, 5.74) is -0.128. The molecule has 3 saturated heterocycles. The van der Waals surface area contributed by atoms with E-state index in [0.29, 0.717) is 35.7 Å². The molecule has 190 valence electrons. The van der Waals surface area contributed by atoms with Crippen molar-refractivity contribution in [1.29, 1.82) is 0 Å². The Kier molecular flexibility index (Phi) is 6.31. The number of halogens is 1. The zero-order valence-corrected chi connectivity index (χ0v) is 21.0. The number of aliphatic hydroxyl groups excluding tert-OH is 1. The van der Waals surface area contributed by atoms with Gasteiger partial charge in [0.15, 0.2) is 0 Å². The molecule has 2 aromatic rings. The average molecular weight is 512 g/mol. The maximum atomic E-state index is 13.8. The molecule has 8 nitrogen and oxygen atoms in total. The van der Waals surface area contributed by atoms with Gasteiger partial charge in [-0.15, -0.1) is 0 Å². The number of aliphatic hydroxyl groups is 1. The highest BCUT2D eigenvalue weighted by Crippen LogP contribution is 2.64. The molecule has 3 aliphatic rings. The summed E-state index contributed by atoms with van der Waals surface area (Å²) in [7, 11) is 0. The minimum atomic E-state index is -1.17. The van der Waals surface area contributed by atoms with E-state index in [9.17, 15) is 19.5 Å². The van der Waals surface area contributed by atoms with E-state index in [-0.39, 0.29) is 25.0 Å². The fourth-order valence-electron chi connectivity index (χ4n) is 6.49. The predicted octanol–water partition coefficient (Wildman–Crippen LogP) is 3.37. The van der Waals surface area contributed by atoms with Crippen LogP contribution in [0.2, 0.25) is 5.02 Å². The van der Waals surface area contributed by atoms with E-state index in [1.165, 1.54) is 4.90 Å². The van der Waals surface area contributed by atoms with Crippen LogP contribution in [0.15, 0.2) is 48.5 Å². The Morgan fingerprint density at radius 3 is 2.53 bits per heavy atom. The first-order chi connectivity index (χ1) is 17.3. The lowest BCUT2D eigenvalue weighted by atomic mass is 9.65. The molecule has 2 aromatic carbocycles. The molecular weight excluding hydrogens is 482 g/mol. The SMILES string of the molecule is CC[C@@]12CCC3(O1)C(C(=O)Nc1c(C)cccc1Cl)N(CCO)C(=O)[C@@H]3[C@@H]2C(=O)Nc1ccccc1. The first-order valence-corrected chi connectivity index (χ1v) is 12.7. The third-order valence-corrected chi connectivity index (χ3v) is 8.38. The maximum absolute atomic E-state index is 13.8. The Labute approximate surface area is 215 Å². The number of amides is 3. The molecule has 2 bridgehead atoms. The molecule has 0 aliphatic carbocycles. The van der Waals surface area contributed by atoms with Crippen LogP contribution >= 0.6 is 11.6 Å². The molecule has 3 fully saturated rings. The van der Waals surface area contributed by atoms with Crippen LogP contribution in [0, 0.1) is 18.8 Å². The second-order valence-corrected chi connectivity index (χ2v) is 10.3. The maximum Gasteiger partial charge on any atom is 0.250 e. The van der Waals surface area contributed by atoms with Crippen LogP contribution in [-0.4, -0.2) is 58.1 Å². The lowest BCUT2D eigenvalue weighted by molar-refractivity contribution is -0.144. The minimum Gasteiger partial charge on any atom is -0.395 e. The molecular formula is C27H30ClN3O5. The van der Waals surface area contributed by atoms with Crippen LogP contribution in [-0.2, 0) is 19.1 Å². The molecule has 0 saturated carbocycles. The number of aryl methyl sites for hydroxylation is 1. The molecule has 0 radical (unpaired) electrons. The van der Waals surface area contributed by atoms with Crippen LogP contribution in [0.4, 0.5) is 11.4 Å². The number of likely N-dealkylation sites (tertiary alicyclic amines) is 1. The number of nitrogens with one attached hydrogen (secondary N) is 2. The van der Waals surface area contributed by atoms with E-state index in [1.54, 1.807) is 24.3 Å². The standard InChI is InChI=1S/C27H30ClN3O5/c1-3-26-12-13-27(36-26)20(19(26)23(33)29-17-9-5-4-6-10-17)25(35)31(14-15-32)22(27)24(34)30-21-16(2)8-7-11-18(21)28/h4-11,19-20,22,32H,3,12-15H2,1-2H3,(H,29,33)(H,30,34)/t19-,20+,22?,26+,27?/m1/s1. The number of fused-ring (bicyclic) bond motifs is 1. The Bertz CT molecular complexity index is 1190. The van der Waals surface area contributed by atoms with Crippen LogP contribution < -0.4 is 10.6 Å². The summed E-state index contributed by atoms with van der Waals surface area (Å²) in [6.07, 6.45) is 1.55. The normalized spacial score (nSPS) is 30.4. The van der Waals surface area contributed by atoms with Gasteiger partial charge in [0.2, 0.25) is 17.7 Å². The van der Waals surface area contributed by atoms with Crippen molar-refractivity contribution in [3.8, 4) is 0 Å². The highest BCUT2D eigenvalue weighted by Gasteiger charge is 2.78. The smallest absolute Gasteiger partial charge is 0.250 e. The monoisotopic (exact) mass is 511 g/mol. The van der Waals surface area contributed by atoms with Crippen molar-refractivity contribution in [2.45, 2.75) is 50.4 Å². The van der Waals surface area contributed by atoms with E-state index in [4.69, 9.17) is 16.3 Å². The second kappa shape index (κ2) is 9.18. The first kappa shape index (κ1) is 24.7. The van der Waals surface area contributed by atoms with E-state index in [1.807, 2.05) is 38.1 Å². The Morgan fingerprint density at radius 1 is 1.11 bits per heavy atom. The van der Waals surface area contributed by atoms with E-state index in [0.717, 1.165) is 5.56 Å². The second-order valence-electron chi connectivity index (χ2n) is 9.86. The highest BCUT2D eigenvalue weighted by molar-refractivity contribution is 6.34. The van der Waals surface area contributed by atoms with Gasteiger partial charge in [0.25, 0.3) is 0 Å². The number of para-hydroxylation sites is 2. The van der Waals surface area contributed by atoms with Crippen molar-refractivity contribution in [1.82, 2.24) is 4.90 Å². The molecule has 1 spiro atoms. The number of hydrogen-bond acceptors (Lipinski definition) is 5. The predicted molar refractivity (Wildman–Crippen MR) is 136 cm³/mol. The zero-order valence-electron chi connectivity index (χ0n) is 20.3. The molecule has 3 heterocycles. The number of nitrogens with zero attached hydrogens (tertiary/aromatic N) is 1. The number of carbonyl (C=O) groups excluding carboxylic acids is 3. The summed E-state index contributed by atoms with van der Waals surface area (Å²) in [6.45, 7) is 3.43. The largest absolute Gasteiger partial charge is 0.395 e.